The summed E-state index contributed by atoms with van der Waals surface area (Å²) in [6.07, 6.45) is 3.93. The van der Waals surface area contributed by atoms with Crippen molar-refractivity contribution in [2.24, 2.45) is 29.6 Å². The van der Waals surface area contributed by atoms with Crippen LogP contribution in [0.15, 0.2) is 24.3 Å². The number of nitrogens with one attached hydrogen (secondary N) is 4. The van der Waals surface area contributed by atoms with Crippen molar-refractivity contribution in [3.63, 3.8) is 0 Å². The highest BCUT2D eigenvalue weighted by Gasteiger charge is 2.65. The van der Waals surface area contributed by atoms with Gasteiger partial charge in [0.2, 0.25) is 11.8 Å². The molecule has 0 spiro atoms. The summed E-state index contributed by atoms with van der Waals surface area (Å²) in [5.41, 5.74) is 0.0528. The maximum absolute atomic E-state index is 13.5. The molecule has 9 heteroatoms. The molecule has 182 valence electrons. The molecule has 35 heavy (non-hydrogen) atoms. The standard InChI is InChI=1S/C26H29N5O4/c1-35-21-4-2-3-18-15(21)9-20(29-18)23(32)30-19(7-13-5-6-13)24(33)31-26(12-27)10-14-8-17(26)22-16(14)11-28-25(22)34/h2-4,9,13-14,16-17,19,22,29H,5-8,10-11H2,1H3,(H,28,34)(H,30,32)(H,31,33)/t14?,16-,17?,19+,22+,26-/m1/s1. The van der Waals surface area contributed by atoms with Gasteiger partial charge in [-0.25, -0.2) is 0 Å². The molecule has 3 aliphatic carbocycles. The number of rotatable bonds is 7. The van der Waals surface area contributed by atoms with Crippen molar-refractivity contribution in [2.45, 2.75) is 43.7 Å². The number of methoxy groups -OCH3 is 1. The fourth-order valence-electron chi connectivity index (χ4n) is 6.74. The summed E-state index contributed by atoms with van der Waals surface area (Å²) in [4.78, 5) is 42.2. The number of aromatic amines is 1. The van der Waals surface area contributed by atoms with E-state index in [0.29, 0.717) is 36.7 Å². The number of fused-ring (bicyclic) bond motifs is 6. The minimum atomic E-state index is -1.06. The van der Waals surface area contributed by atoms with Crippen molar-refractivity contribution >= 4 is 28.6 Å². The molecule has 6 atom stereocenters. The Kier molecular flexibility index (Phi) is 5.02. The molecule has 1 aliphatic heterocycles. The Morgan fingerprint density at radius 2 is 2.17 bits per heavy atom. The van der Waals surface area contributed by atoms with Crippen LogP contribution in [0.3, 0.4) is 0 Å². The molecule has 4 aliphatic rings. The van der Waals surface area contributed by atoms with Gasteiger partial charge in [0.25, 0.3) is 5.91 Å². The number of amides is 3. The first-order chi connectivity index (χ1) is 16.9. The highest BCUT2D eigenvalue weighted by Crippen LogP contribution is 2.58. The minimum absolute atomic E-state index is 0.00635. The van der Waals surface area contributed by atoms with Gasteiger partial charge >= 0.3 is 0 Å². The molecule has 2 unspecified atom stereocenters. The number of carbonyl (C=O) groups excluding carboxylic acids is 3. The van der Waals surface area contributed by atoms with E-state index in [9.17, 15) is 19.6 Å². The van der Waals surface area contributed by atoms with E-state index in [1.54, 1.807) is 13.2 Å². The number of nitrogens with zero attached hydrogens (tertiary/aromatic N) is 1. The van der Waals surface area contributed by atoms with Crippen LogP contribution in [0.25, 0.3) is 10.9 Å². The first-order valence-corrected chi connectivity index (χ1v) is 12.4. The predicted molar refractivity (Wildman–Crippen MR) is 126 cm³/mol. The molecule has 3 saturated carbocycles. The average Bonchev–Trinajstić information content (AvgIpc) is 3.18. The minimum Gasteiger partial charge on any atom is -0.496 e. The number of hydrogen-bond acceptors (Lipinski definition) is 5. The largest absolute Gasteiger partial charge is 0.496 e. The van der Waals surface area contributed by atoms with E-state index < -0.39 is 11.6 Å². The third-order valence-electron chi connectivity index (χ3n) is 8.61. The Morgan fingerprint density at radius 1 is 1.34 bits per heavy atom. The van der Waals surface area contributed by atoms with Gasteiger partial charge in [0.05, 0.1) is 13.2 Å². The third kappa shape index (κ3) is 3.54. The van der Waals surface area contributed by atoms with Crippen LogP contribution in [0.2, 0.25) is 0 Å². The van der Waals surface area contributed by atoms with Gasteiger partial charge in [0.1, 0.15) is 23.0 Å². The lowest BCUT2D eigenvalue weighted by atomic mass is 9.71. The second-order valence-corrected chi connectivity index (χ2v) is 10.6. The topological polar surface area (TPSA) is 136 Å². The number of benzene rings is 1. The van der Waals surface area contributed by atoms with Crippen LogP contribution in [-0.4, -0.2) is 47.9 Å². The van der Waals surface area contributed by atoms with Crippen molar-refractivity contribution in [2.75, 3.05) is 13.7 Å². The van der Waals surface area contributed by atoms with E-state index in [1.165, 1.54) is 0 Å². The van der Waals surface area contributed by atoms with Crippen molar-refractivity contribution in [3.8, 4) is 11.8 Å². The summed E-state index contributed by atoms with van der Waals surface area (Å²) in [5.74, 6) is 0.422. The van der Waals surface area contributed by atoms with Crippen LogP contribution in [0.4, 0.5) is 0 Å². The van der Waals surface area contributed by atoms with Gasteiger partial charge in [-0.05, 0) is 55.2 Å². The molecule has 6 rings (SSSR count). The lowest BCUT2D eigenvalue weighted by Gasteiger charge is -2.37. The molecule has 2 bridgehead atoms. The Labute approximate surface area is 203 Å². The van der Waals surface area contributed by atoms with Gasteiger partial charge in [0.15, 0.2) is 0 Å². The Morgan fingerprint density at radius 3 is 2.91 bits per heavy atom. The number of nitriles is 1. The quantitative estimate of drug-likeness (QED) is 0.485. The molecule has 2 heterocycles. The summed E-state index contributed by atoms with van der Waals surface area (Å²) in [7, 11) is 1.58. The molecular weight excluding hydrogens is 446 g/mol. The van der Waals surface area contributed by atoms with Gasteiger partial charge in [-0.1, -0.05) is 18.9 Å². The number of hydrogen-bond donors (Lipinski definition) is 4. The summed E-state index contributed by atoms with van der Waals surface area (Å²) in [5, 5.41) is 19.8. The molecule has 2 aromatic rings. The molecule has 1 aromatic carbocycles. The zero-order valence-electron chi connectivity index (χ0n) is 19.6. The molecule has 4 N–H and O–H groups in total. The lowest BCUT2D eigenvalue weighted by molar-refractivity contribution is -0.128. The van der Waals surface area contributed by atoms with E-state index in [4.69, 9.17) is 4.74 Å². The van der Waals surface area contributed by atoms with Crippen LogP contribution in [0, 0.1) is 40.9 Å². The highest BCUT2D eigenvalue weighted by molar-refractivity contribution is 6.01. The Hall–Kier alpha value is -3.54. The first kappa shape index (κ1) is 22.0. The molecule has 4 fully saturated rings. The van der Waals surface area contributed by atoms with Crippen molar-refractivity contribution in [3.05, 3.63) is 30.0 Å². The summed E-state index contributed by atoms with van der Waals surface area (Å²) in [6.45, 7) is 0.662. The maximum Gasteiger partial charge on any atom is 0.268 e. The lowest BCUT2D eigenvalue weighted by Crippen LogP contribution is -2.59. The zero-order valence-corrected chi connectivity index (χ0v) is 19.6. The van der Waals surface area contributed by atoms with E-state index in [2.05, 4.69) is 27.0 Å². The first-order valence-electron chi connectivity index (χ1n) is 12.4. The van der Waals surface area contributed by atoms with E-state index in [-0.39, 0.29) is 41.4 Å². The second kappa shape index (κ2) is 8.01. The number of carbonyl (C=O) groups is 3. The highest BCUT2D eigenvalue weighted by atomic mass is 16.5. The van der Waals surface area contributed by atoms with Crippen molar-refractivity contribution in [1.82, 2.24) is 20.9 Å². The normalized spacial score (nSPS) is 31.5. The van der Waals surface area contributed by atoms with Gasteiger partial charge in [0, 0.05) is 29.3 Å². The fourth-order valence-corrected chi connectivity index (χ4v) is 6.74. The number of aromatic nitrogens is 1. The van der Waals surface area contributed by atoms with Gasteiger partial charge in [-0.15, -0.1) is 0 Å². The number of ether oxygens (including phenoxy) is 1. The SMILES string of the molecule is COc1cccc2[nH]c(C(=O)N[C@@H](CC3CC3)C(=O)N[C@@]3(C#N)CC4CC3[C@H]3C(=O)NC[C@H]43)cc12. The Balaban J connectivity index is 1.21. The van der Waals surface area contributed by atoms with Gasteiger partial charge in [-0.3, -0.25) is 14.4 Å². The maximum atomic E-state index is 13.5. The average molecular weight is 476 g/mol. The van der Waals surface area contributed by atoms with Crippen LogP contribution in [0.5, 0.6) is 5.75 Å². The van der Waals surface area contributed by atoms with Crippen LogP contribution >= 0.6 is 0 Å². The van der Waals surface area contributed by atoms with Crippen LogP contribution in [-0.2, 0) is 9.59 Å². The summed E-state index contributed by atoms with van der Waals surface area (Å²) >= 11 is 0. The van der Waals surface area contributed by atoms with E-state index >= 15 is 0 Å². The molecule has 1 saturated heterocycles. The monoisotopic (exact) mass is 475 g/mol. The van der Waals surface area contributed by atoms with Gasteiger partial charge in [-0.2, -0.15) is 5.26 Å². The van der Waals surface area contributed by atoms with Crippen LogP contribution < -0.4 is 20.7 Å². The predicted octanol–water partition coefficient (Wildman–Crippen LogP) is 1.86. The smallest absolute Gasteiger partial charge is 0.268 e. The van der Waals surface area contributed by atoms with E-state index in [0.717, 1.165) is 30.2 Å². The molecule has 9 nitrogen and oxygen atoms in total. The summed E-state index contributed by atoms with van der Waals surface area (Å²) in [6, 6.07) is 8.87. The van der Waals surface area contributed by atoms with Crippen molar-refractivity contribution < 1.29 is 19.1 Å². The molecular formula is C26H29N5O4. The van der Waals surface area contributed by atoms with Crippen LogP contribution in [0.1, 0.15) is 42.6 Å². The molecule has 3 amide bonds. The Bertz CT molecular complexity index is 1260. The third-order valence-corrected chi connectivity index (χ3v) is 8.61. The van der Waals surface area contributed by atoms with Crippen molar-refractivity contribution in [1.29, 1.82) is 5.26 Å². The van der Waals surface area contributed by atoms with E-state index in [1.807, 2.05) is 18.2 Å². The zero-order chi connectivity index (χ0) is 24.3. The second-order valence-electron chi connectivity index (χ2n) is 10.6. The molecule has 0 radical (unpaired) electrons. The number of H-pyrrole nitrogens is 1. The molecule has 1 aromatic heterocycles. The fraction of sp³-hybridized carbons (Fsp3) is 0.538. The summed E-state index contributed by atoms with van der Waals surface area (Å²) < 4.78 is 5.39. The van der Waals surface area contributed by atoms with Gasteiger partial charge < -0.3 is 25.7 Å².